The van der Waals surface area contributed by atoms with Crippen LogP contribution in [-0.2, 0) is 4.74 Å². The molecule has 1 aliphatic heterocycles. The highest BCUT2D eigenvalue weighted by atomic mass is 32.2. The maximum absolute atomic E-state index is 12.3. The molecule has 1 saturated heterocycles. The van der Waals surface area contributed by atoms with Crippen molar-refractivity contribution < 1.29 is 18.3 Å². The number of thioether (sulfide) groups is 1. The smallest absolute Gasteiger partial charge is 0.288 e. The summed E-state index contributed by atoms with van der Waals surface area (Å²) in [5.41, 5.74) is 0.490. The molecule has 1 atom stereocenters. The molecule has 0 aliphatic carbocycles. The minimum atomic E-state index is -2.45. The fraction of sp³-hybridized carbons (Fsp3) is 0.611. The van der Waals surface area contributed by atoms with Gasteiger partial charge in [-0.25, -0.2) is 0 Å². The van der Waals surface area contributed by atoms with Crippen LogP contribution in [0, 0.1) is 5.92 Å². The van der Waals surface area contributed by atoms with Crippen LogP contribution in [0.4, 0.5) is 8.78 Å². The number of amides is 1. The first kappa shape index (κ1) is 20.1. The third-order valence-electron chi connectivity index (χ3n) is 4.15. The Kier molecular flexibility index (Phi) is 8.12. The van der Waals surface area contributed by atoms with E-state index in [1.807, 2.05) is 0 Å². The Hall–Kier alpha value is -1.18. The number of alkyl halides is 2. The standard InChI is InChI=1S/C18H26F2N2O2S/c1-13(2)11-15(22-7-9-24-10-8-22)12-21-17(23)14-3-5-16(6-4-14)25-18(19)20/h3-6,13,15,18H,7-12H2,1-2H3,(H,21,23)/t15-/m0/s1. The lowest BCUT2D eigenvalue weighted by molar-refractivity contribution is 0.0124. The largest absolute Gasteiger partial charge is 0.379 e. The zero-order valence-corrected chi connectivity index (χ0v) is 15.5. The lowest BCUT2D eigenvalue weighted by atomic mass is 10.0. The highest BCUT2D eigenvalue weighted by Crippen LogP contribution is 2.25. The topological polar surface area (TPSA) is 41.6 Å². The Morgan fingerprint density at radius 2 is 1.88 bits per heavy atom. The molecule has 0 aromatic heterocycles. The summed E-state index contributed by atoms with van der Waals surface area (Å²) in [4.78, 5) is 15.2. The van der Waals surface area contributed by atoms with E-state index in [4.69, 9.17) is 4.74 Å². The van der Waals surface area contributed by atoms with Crippen molar-refractivity contribution in [1.82, 2.24) is 10.2 Å². The van der Waals surface area contributed by atoms with Gasteiger partial charge in [-0.2, -0.15) is 8.78 Å². The summed E-state index contributed by atoms with van der Waals surface area (Å²) >= 11 is 0.479. The molecular weight excluding hydrogens is 346 g/mol. The summed E-state index contributed by atoms with van der Waals surface area (Å²) in [6.07, 6.45) is 1.00. The Balaban J connectivity index is 1.90. The van der Waals surface area contributed by atoms with Crippen molar-refractivity contribution in [1.29, 1.82) is 0 Å². The first-order valence-corrected chi connectivity index (χ1v) is 9.48. The fourth-order valence-corrected chi connectivity index (χ4v) is 3.45. The minimum absolute atomic E-state index is 0.171. The van der Waals surface area contributed by atoms with E-state index in [1.165, 1.54) is 0 Å². The Morgan fingerprint density at radius 1 is 1.24 bits per heavy atom. The normalized spacial score (nSPS) is 17.0. The van der Waals surface area contributed by atoms with E-state index in [9.17, 15) is 13.6 Å². The first-order valence-electron chi connectivity index (χ1n) is 8.60. The molecule has 0 spiro atoms. The average Bonchev–Trinajstić information content (AvgIpc) is 2.59. The summed E-state index contributed by atoms with van der Waals surface area (Å²) in [5.74, 6) is -2.09. The third-order valence-corrected chi connectivity index (χ3v) is 4.87. The molecule has 1 N–H and O–H groups in total. The van der Waals surface area contributed by atoms with Crippen molar-refractivity contribution in [3.63, 3.8) is 0 Å². The first-order chi connectivity index (χ1) is 12.0. The van der Waals surface area contributed by atoms with E-state index in [1.54, 1.807) is 24.3 Å². The molecule has 1 aromatic rings. The Morgan fingerprint density at radius 3 is 2.44 bits per heavy atom. The van der Waals surface area contributed by atoms with Crippen molar-refractivity contribution in [3.8, 4) is 0 Å². The molecular formula is C18H26F2N2O2S. The van der Waals surface area contributed by atoms with E-state index < -0.39 is 5.76 Å². The second kappa shape index (κ2) is 10.1. The molecule has 2 rings (SSSR count). The van der Waals surface area contributed by atoms with E-state index in [2.05, 4.69) is 24.1 Å². The molecule has 1 heterocycles. The summed E-state index contributed by atoms with van der Waals surface area (Å²) in [6, 6.07) is 6.57. The van der Waals surface area contributed by atoms with E-state index in [-0.39, 0.29) is 11.9 Å². The molecule has 1 aliphatic rings. The Bertz CT molecular complexity index is 534. The zero-order valence-electron chi connectivity index (χ0n) is 14.7. The number of benzene rings is 1. The highest BCUT2D eigenvalue weighted by molar-refractivity contribution is 7.99. The van der Waals surface area contributed by atoms with E-state index in [0.29, 0.717) is 34.7 Å². The van der Waals surface area contributed by atoms with Crippen LogP contribution in [-0.4, -0.2) is 55.5 Å². The van der Waals surface area contributed by atoms with Crippen molar-refractivity contribution in [2.24, 2.45) is 5.92 Å². The maximum atomic E-state index is 12.3. The number of nitrogens with one attached hydrogen (secondary N) is 1. The number of ether oxygens (including phenoxy) is 1. The molecule has 140 valence electrons. The SMILES string of the molecule is CC(C)C[C@@H](CNC(=O)c1ccc(SC(F)F)cc1)N1CCOCC1. The molecule has 0 radical (unpaired) electrons. The van der Waals surface area contributed by atoms with Gasteiger partial charge in [-0.15, -0.1) is 0 Å². The van der Waals surface area contributed by atoms with Crippen molar-refractivity contribution in [2.45, 2.75) is 37.0 Å². The lowest BCUT2D eigenvalue weighted by Crippen LogP contribution is -2.49. The number of morpholine rings is 1. The second-order valence-electron chi connectivity index (χ2n) is 6.54. The molecule has 4 nitrogen and oxygen atoms in total. The average molecular weight is 372 g/mol. The summed E-state index contributed by atoms with van der Waals surface area (Å²) in [6.45, 7) is 8.14. The lowest BCUT2D eigenvalue weighted by Gasteiger charge is -2.35. The van der Waals surface area contributed by atoms with Crippen LogP contribution in [0.15, 0.2) is 29.2 Å². The zero-order chi connectivity index (χ0) is 18.2. The van der Waals surface area contributed by atoms with Gasteiger partial charge in [0.2, 0.25) is 0 Å². The predicted molar refractivity (Wildman–Crippen MR) is 96.3 cm³/mol. The number of halogens is 2. The van der Waals surface area contributed by atoms with Crippen molar-refractivity contribution in [3.05, 3.63) is 29.8 Å². The summed E-state index contributed by atoms with van der Waals surface area (Å²) in [7, 11) is 0. The maximum Gasteiger partial charge on any atom is 0.288 e. The molecule has 0 unspecified atom stereocenters. The molecule has 0 saturated carbocycles. The van der Waals surface area contributed by atoms with Gasteiger partial charge in [0.15, 0.2) is 0 Å². The van der Waals surface area contributed by atoms with Crippen LogP contribution in [0.5, 0.6) is 0 Å². The quantitative estimate of drug-likeness (QED) is 0.710. The number of hydrogen-bond donors (Lipinski definition) is 1. The van der Waals surface area contributed by atoms with Gasteiger partial charge in [-0.1, -0.05) is 25.6 Å². The third kappa shape index (κ3) is 6.92. The van der Waals surface area contributed by atoms with Crippen LogP contribution in [0.3, 0.4) is 0 Å². The van der Waals surface area contributed by atoms with Crippen molar-refractivity contribution >= 4 is 17.7 Å². The van der Waals surface area contributed by atoms with Gasteiger partial charge >= 0.3 is 0 Å². The number of carbonyl (C=O) groups is 1. The van der Waals surface area contributed by atoms with Crippen LogP contribution in [0.2, 0.25) is 0 Å². The van der Waals surface area contributed by atoms with Gasteiger partial charge < -0.3 is 10.1 Å². The highest BCUT2D eigenvalue weighted by Gasteiger charge is 2.22. The molecule has 1 aromatic carbocycles. The Labute approximate surface area is 152 Å². The number of hydrogen-bond acceptors (Lipinski definition) is 4. The minimum Gasteiger partial charge on any atom is -0.379 e. The summed E-state index contributed by atoms with van der Waals surface area (Å²) < 4.78 is 30.1. The van der Waals surface area contributed by atoms with Crippen LogP contribution < -0.4 is 5.32 Å². The van der Waals surface area contributed by atoms with Gasteiger partial charge in [-0.05, 0) is 36.6 Å². The second-order valence-corrected chi connectivity index (χ2v) is 7.61. The molecule has 7 heteroatoms. The van der Waals surface area contributed by atoms with Crippen LogP contribution >= 0.6 is 11.8 Å². The molecule has 1 amide bonds. The fourth-order valence-electron chi connectivity index (χ4n) is 2.95. The molecule has 25 heavy (non-hydrogen) atoms. The van der Waals surface area contributed by atoms with Gasteiger partial charge in [0.1, 0.15) is 0 Å². The molecule has 1 fully saturated rings. The van der Waals surface area contributed by atoms with Crippen LogP contribution in [0.1, 0.15) is 30.6 Å². The van der Waals surface area contributed by atoms with E-state index in [0.717, 1.165) is 32.7 Å². The van der Waals surface area contributed by atoms with Crippen LogP contribution in [0.25, 0.3) is 0 Å². The number of nitrogens with zero attached hydrogens (tertiary/aromatic N) is 1. The van der Waals surface area contributed by atoms with Gasteiger partial charge in [0.25, 0.3) is 11.7 Å². The van der Waals surface area contributed by atoms with Gasteiger partial charge in [0.05, 0.1) is 13.2 Å². The van der Waals surface area contributed by atoms with Crippen molar-refractivity contribution in [2.75, 3.05) is 32.8 Å². The predicted octanol–water partition coefficient (Wildman–Crippen LogP) is 3.48. The van der Waals surface area contributed by atoms with Gasteiger partial charge in [0, 0.05) is 36.1 Å². The summed E-state index contributed by atoms with van der Waals surface area (Å²) in [5, 5.41) is 2.99. The molecule has 0 bridgehead atoms. The van der Waals surface area contributed by atoms with E-state index >= 15 is 0 Å². The number of rotatable bonds is 8. The van der Waals surface area contributed by atoms with Gasteiger partial charge in [-0.3, -0.25) is 9.69 Å². The number of carbonyl (C=O) groups excluding carboxylic acids is 1. The monoisotopic (exact) mass is 372 g/mol.